The summed E-state index contributed by atoms with van der Waals surface area (Å²) in [6, 6.07) is 37.5. The van der Waals surface area contributed by atoms with Crippen LogP contribution in [0.3, 0.4) is 0 Å². The summed E-state index contributed by atoms with van der Waals surface area (Å²) in [4.78, 5) is 0. The lowest BCUT2D eigenvalue weighted by Gasteiger charge is -2.07. The fourth-order valence-corrected chi connectivity index (χ4v) is 3.54. The first kappa shape index (κ1) is 14.1. The molecule has 1 nitrogen and oxygen atoms in total. The highest BCUT2D eigenvalue weighted by atomic mass is 15.0. The van der Waals surface area contributed by atoms with Gasteiger partial charge in [-0.2, -0.15) is 0 Å². The number of hydrogen-bond donors (Lipinski definition) is 0. The first-order chi connectivity index (χ1) is 12.4. The molecule has 0 aliphatic rings. The molecule has 0 aliphatic heterocycles. The molecule has 0 saturated carbocycles. The van der Waals surface area contributed by atoms with E-state index in [1.54, 1.807) is 0 Å². The highest BCUT2D eigenvalue weighted by molar-refractivity contribution is 6.10. The van der Waals surface area contributed by atoms with Crippen molar-refractivity contribution in [2.45, 2.75) is 0 Å². The number of hydrogen-bond acceptors (Lipinski definition) is 0. The Kier molecular flexibility index (Phi) is 3.17. The lowest BCUT2D eigenvalue weighted by atomic mass is 10.0. The fourth-order valence-electron chi connectivity index (χ4n) is 3.54. The molecule has 117 valence electrons. The predicted molar refractivity (Wildman–Crippen MR) is 105 cm³/mol. The van der Waals surface area contributed by atoms with Crippen molar-refractivity contribution in [1.82, 2.24) is 4.57 Å². The highest BCUT2D eigenvalue weighted by Crippen LogP contribution is 2.34. The van der Waals surface area contributed by atoms with Crippen LogP contribution in [0.5, 0.6) is 0 Å². The van der Waals surface area contributed by atoms with Crippen LogP contribution < -0.4 is 0 Å². The van der Waals surface area contributed by atoms with Crippen molar-refractivity contribution in [3.8, 4) is 16.8 Å². The van der Waals surface area contributed by atoms with Crippen LogP contribution in [0.15, 0.2) is 97.1 Å². The van der Waals surface area contributed by atoms with E-state index >= 15 is 0 Å². The van der Waals surface area contributed by atoms with Crippen LogP contribution in [0.2, 0.25) is 0 Å². The molecule has 0 N–H and O–H groups in total. The van der Waals surface area contributed by atoms with Crippen molar-refractivity contribution in [3.05, 3.63) is 103 Å². The van der Waals surface area contributed by atoms with E-state index in [9.17, 15) is 0 Å². The van der Waals surface area contributed by atoms with Gasteiger partial charge in [0.25, 0.3) is 0 Å². The molecule has 0 bridgehead atoms. The number of para-hydroxylation sites is 2. The number of nitrogens with zero attached hydrogens (tertiary/aromatic N) is 1. The lowest BCUT2D eigenvalue weighted by Crippen LogP contribution is -1.92. The number of aromatic nitrogens is 1. The van der Waals surface area contributed by atoms with Crippen molar-refractivity contribution >= 4 is 21.8 Å². The first-order valence-electron chi connectivity index (χ1n) is 8.47. The van der Waals surface area contributed by atoms with E-state index in [2.05, 4.69) is 102 Å². The molecule has 0 atom stereocenters. The summed E-state index contributed by atoms with van der Waals surface area (Å²) < 4.78 is 2.29. The van der Waals surface area contributed by atoms with E-state index in [-0.39, 0.29) is 0 Å². The number of fused-ring (bicyclic) bond motifs is 3. The van der Waals surface area contributed by atoms with Crippen LogP contribution in [-0.2, 0) is 0 Å². The van der Waals surface area contributed by atoms with Crippen LogP contribution in [0.25, 0.3) is 38.6 Å². The third-order valence-corrected chi connectivity index (χ3v) is 4.70. The summed E-state index contributed by atoms with van der Waals surface area (Å²) in [5.74, 6) is 0. The Morgan fingerprint density at radius 1 is 0.600 bits per heavy atom. The summed E-state index contributed by atoms with van der Waals surface area (Å²) in [5.41, 5.74) is 5.91. The maximum absolute atomic E-state index is 3.54. The van der Waals surface area contributed by atoms with Crippen LogP contribution in [0.1, 0.15) is 0 Å². The smallest absolute Gasteiger partial charge is 0.0620 e. The Bertz CT molecular complexity index is 1170. The molecular formula is C24H16N. The van der Waals surface area contributed by atoms with E-state index in [4.69, 9.17) is 0 Å². The minimum Gasteiger partial charge on any atom is -0.309 e. The second-order valence-corrected chi connectivity index (χ2v) is 6.20. The van der Waals surface area contributed by atoms with Crippen LogP contribution in [-0.4, -0.2) is 4.57 Å². The second kappa shape index (κ2) is 5.64. The predicted octanol–water partition coefficient (Wildman–Crippen LogP) is 6.25. The normalized spacial score (nSPS) is 11.2. The molecule has 1 heteroatoms. The zero-order valence-electron chi connectivity index (χ0n) is 13.7. The van der Waals surface area contributed by atoms with Gasteiger partial charge in [-0.25, -0.2) is 0 Å². The number of benzene rings is 4. The standard InChI is InChI=1S/C24H16N/c1-3-9-18(10-4-1)19-15-16-24-22(17-19)21-13-7-8-14-23(21)25(24)20-11-5-2-6-12-20/h1-15,17H. The van der Waals surface area contributed by atoms with Crippen molar-refractivity contribution in [1.29, 1.82) is 0 Å². The van der Waals surface area contributed by atoms with Crippen molar-refractivity contribution in [2.75, 3.05) is 0 Å². The average Bonchev–Trinajstić information content (AvgIpc) is 3.03. The Labute approximate surface area is 146 Å². The molecule has 1 heterocycles. The van der Waals surface area contributed by atoms with Gasteiger partial charge in [-0.3, -0.25) is 0 Å². The summed E-state index contributed by atoms with van der Waals surface area (Å²) in [7, 11) is 0. The molecule has 0 aliphatic carbocycles. The molecule has 5 aromatic rings. The Hall–Kier alpha value is -3.32. The van der Waals surface area contributed by atoms with Gasteiger partial charge in [-0.05, 0) is 41.5 Å². The van der Waals surface area contributed by atoms with Gasteiger partial charge in [0.15, 0.2) is 0 Å². The van der Waals surface area contributed by atoms with E-state index < -0.39 is 0 Å². The molecule has 0 spiro atoms. The third-order valence-electron chi connectivity index (χ3n) is 4.70. The monoisotopic (exact) mass is 318 g/mol. The van der Waals surface area contributed by atoms with Gasteiger partial charge in [-0.1, -0.05) is 66.7 Å². The summed E-state index contributed by atoms with van der Waals surface area (Å²) in [6.45, 7) is 0. The average molecular weight is 318 g/mol. The van der Waals surface area contributed by atoms with Gasteiger partial charge in [0, 0.05) is 22.5 Å². The second-order valence-electron chi connectivity index (χ2n) is 6.20. The molecule has 0 saturated heterocycles. The molecule has 25 heavy (non-hydrogen) atoms. The molecule has 0 unspecified atom stereocenters. The molecule has 4 aromatic carbocycles. The maximum atomic E-state index is 3.54. The third kappa shape index (κ3) is 2.25. The summed E-state index contributed by atoms with van der Waals surface area (Å²) in [5, 5.41) is 2.50. The molecule has 0 amide bonds. The van der Waals surface area contributed by atoms with Crippen LogP contribution in [0, 0.1) is 6.07 Å². The molecule has 0 fully saturated rings. The first-order valence-corrected chi connectivity index (χ1v) is 8.47. The van der Waals surface area contributed by atoms with Crippen LogP contribution in [0.4, 0.5) is 0 Å². The minimum atomic E-state index is 1.12. The highest BCUT2D eigenvalue weighted by Gasteiger charge is 2.12. The zero-order chi connectivity index (χ0) is 16.6. The molecular weight excluding hydrogens is 302 g/mol. The quantitative estimate of drug-likeness (QED) is 0.362. The minimum absolute atomic E-state index is 1.12. The van der Waals surface area contributed by atoms with E-state index in [1.165, 1.54) is 27.4 Å². The number of rotatable bonds is 2. The van der Waals surface area contributed by atoms with Gasteiger partial charge in [0.2, 0.25) is 0 Å². The largest absolute Gasteiger partial charge is 0.309 e. The van der Waals surface area contributed by atoms with Crippen molar-refractivity contribution < 1.29 is 0 Å². The van der Waals surface area contributed by atoms with Gasteiger partial charge in [0.1, 0.15) is 0 Å². The van der Waals surface area contributed by atoms with Gasteiger partial charge < -0.3 is 4.57 Å². The Balaban J connectivity index is 1.86. The van der Waals surface area contributed by atoms with Gasteiger partial charge in [0.05, 0.1) is 11.0 Å². The van der Waals surface area contributed by atoms with E-state index in [0.29, 0.717) is 0 Å². The lowest BCUT2D eigenvalue weighted by molar-refractivity contribution is 1.18. The molecule has 5 rings (SSSR count). The van der Waals surface area contributed by atoms with Crippen molar-refractivity contribution in [2.24, 2.45) is 0 Å². The molecule has 1 aromatic heterocycles. The fraction of sp³-hybridized carbons (Fsp3) is 0. The topological polar surface area (TPSA) is 4.93 Å². The van der Waals surface area contributed by atoms with E-state index in [0.717, 1.165) is 11.2 Å². The Morgan fingerprint density at radius 3 is 2.08 bits per heavy atom. The summed E-state index contributed by atoms with van der Waals surface area (Å²) in [6.07, 6.45) is 0. The van der Waals surface area contributed by atoms with Gasteiger partial charge in [-0.15, -0.1) is 0 Å². The molecule has 1 radical (unpaired) electrons. The maximum Gasteiger partial charge on any atom is 0.0620 e. The Morgan fingerprint density at radius 2 is 1.28 bits per heavy atom. The van der Waals surface area contributed by atoms with Crippen LogP contribution >= 0.6 is 0 Å². The zero-order valence-corrected chi connectivity index (χ0v) is 13.7. The van der Waals surface area contributed by atoms with Crippen molar-refractivity contribution in [3.63, 3.8) is 0 Å². The van der Waals surface area contributed by atoms with E-state index in [1.807, 2.05) is 6.07 Å². The van der Waals surface area contributed by atoms with Gasteiger partial charge >= 0.3 is 0 Å². The SMILES string of the molecule is [c]1cc(-c2ccccc2)cc2c3ccccc3n(-c3ccccc3)c12. The summed E-state index contributed by atoms with van der Waals surface area (Å²) >= 11 is 0.